The molecule has 0 aromatic carbocycles. The number of carbonyl (C=O) groups is 2. The van der Waals surface area contributed by atoms with Crippen molar-refractivity contribution < 1.29 is 9.59 Å². The molecule has 2 atom stereocenters. The van der Waals surface area contributed by atoms with E-state index < -0.39 is 0 Å². The fourth-order valence-electron chi connectivity index (χ4n) is 3.96. The number of thiazole rings is 1. The Morgan fingerprint density at radius 3 is 2.54 bits per heavy atom. The highest BCUT2D eigenvalue weighted by Crippen LogP contribution is 2.34. The third-order valence-electron chi connectivity index (χ3n) is 5.19. The van der Waals surface area contributed by atoms with Crippen LogP contribution in [0.4, 0.5) is 0 Å². The van der Waals surface area contributed by atoms with Gasteiger partial charge in [-0.1, -0.05) is 0 Å². The molecule has 3 heterocycles. The lowest BCUT2D eigenvalue weighted by Gasteiger charge is -2.39. The smallest absolute Gasteiger partial charge is 0.225 e. The summed E-state index contributed by atoms with van der Waals surface area (Å²) in [6.07, 6.45) is 6.77. The van der Waals surface area contributed by atoms with Gasteiger partial charge in [0.2, 0.25) is 11.8 Å². The molecule has 1 aromatic heterocycles. The second-order valence-corrected chi connectivity index (χ2v) is 7.88. The molecule has 2 aliphatic rings. The maximum Gasteiger partial charge on any atom is 0.225 e. The van der Waals surface area contributed by atoms with Crippen molar-refractivity contribution >= 4 is 23.2 Å². The molecular formula is C18H27N3O2S. The predicted molar refractivity (Wildman–Crippen MR) is 94.8 cm³/mol. The number of rotatable bonds is 3. The van der Waals surface area contributed by atoms with Gasteiger partial charge in [-0.3, -0.25) is 9.59 Å². The molecule has 2 fully saturated rings. The molecule has 0 spiro atoms. The molecule has 6 heteroatoms. The fraction of sp³-hybridized carbons (Fsp3) is 0.722. The van der Waals surface area contributed by atoms with Gasteiger partial charge in [-0.15, -0.1) is 11.3 Å². The Labute approximate surface area is 148 Å². The number of hydrogen-bond donors (Lipinski definition) is 0. The number of aromatic nitrogens is 1. The molecule has 3 rings (SSSR count). The molecule has 0 saturated carbocycles. The first kappa shape index (κ1) is 17.4. The van der Waals surface area contributed by atoms with Crippen molar-refractivity contribution in [2.75, 3.05) is 13.1 Å². The Balaban J connectivity index is 1.70. The maximum absolute atomic E-state index is 13.0. The minimum atomic E-state index is 0.0735. The van der Waals surface area contributed by atoms with Crippen LogP contribution in [0.2, 0.25) is 0 Å². The van der Waals surface area contributed by atoms with E-state index in [0.717, 1.165) is 62.3 Å². The molecule has 0 radical (unpaired) electrons. The minimum absolute atomic E-state index is 0.0735. The van der Waals surface area contributed by atoms with Crippen molar-refractivity contribution in [3.05, 3.63) is 16.1 Å². The normalized spacial score (nSPS) is 24.9. The summed E-state index contributed by atoms with van der Waals surface area (Å²) in [5.74, 6) is 0.281. The van der Waals surface area contributed by atoms with Crippen LogP contribution in [-0.2, 0) is 9.59 Å². The number of likely N-dealkylation sites (tertiary alicyclic amines) is 2. The van der Waals surface area contributed by atoms with Gasteiger partial charge in [0.05, 0.1) is 6.04 Å². The van der Waals surface area contributed by atoms with Gasteiger partial charge in [0, 0.05) is 43.5 Å². The van der Waals surface area contributed by atoms with Crippen molar-refractivity contribution in [1.82, 2.24) is 14.8 Å². The van der Waals surface area contributed by atoms with Crippen LogP contribution in [0.15, 0.2) is 5.38 Å². The summed E-state index contributed by atoms with van der Waals surface area (Å²) in [6, 6.07) is 0.198. The van der Waals surface area contributed by atoms with Crippen molar-refractivity contribution in [2.45, 2.75) is 70.9 Å². The van der Waals surface area contributed by atoms with E-state index in [9.17, 15) is 9.59 Å². The predicted octanol–water partition coefficient (Wildman–Crippen LogP) is 3.30. The largest absolute Gasteiger partial charge is 0.339 e. The second kappa shape index (κ2) is 7.64. The standard InChI is InChI=1S/C18H27N3O2S/c1-13-12-24-18(19-13)16-8-4-6-10-21(16)17(23)11-15-7-3-5-9-20(15)14(2)22/h12,15-16H,3-11H2,1-2H3/t15-,16-/m0/s1. The van der Waals surface area contributed by atoms with Crippen LogP contribution >= 0.6 is 11.3 Å². The quantitative estimate of drug-likeness (QED) is 0.841. The molecule has 0 aliphatic carbocycles. The van der Waals surface area contributed by atoms with Crippen LogP contribution in [-0.4, -0.2) is 45.7 Å². The van der Waals surface area contributed by atoms with Crippen LogP contribution in [0.3, 0.4) is 0 Å². The lowest BCUT2D eigenvalue weighted by Crippen LogP contribution is -2.47. The lowest BCUT2D eigenvalue weighted by molar-refractivity contribution is -0.139. The number of nitrogens with zero attached hydrogens (tertiary/aromatic N) is 3. The molecule has 2 saturated heterocycles. The lowest BCUT2D eigenvalue weighted by atomic mass is 9.96. The van der Waals surface area contributed by atoms with Crippen molar-refractivity contribution in [2.24, 2.45) is 0 Å². The number of carbonyl (C=O) groups excluding carboxylic acids is 2. The maximum atomic E-state index is 13.0. The molecule has 0 N–H and O–H groups in total. The third kappa shape index (κ3) is 3.79. The van der Waals surface area contributed by atoms with Gasteiger partial charge in [-0.25, -0.2) is 4.98 Å². The van der Waals surface area contributed by atoms with Crippen LogP contribution in [0.1, 0.15) is 68.6 Å². The van der Waals surface area contributed by atoms with Crippen LogP contribution in [0.5, 0.6) is 0 Å². The minimum Gasteiger partial charge on any atom is -0.339 e. The van der Waals surface area contributed by atoms with E-state index in [-0.39, 0.29) is 23.9 Å². The zero-order valence-electron chi connectivity index (χ0n) is 14.7. The summed E-state index contributed by atoms with van der Waals surface area (Å²) in [7, 11) is 0. The Hall–Kier alpha value is -1.43. The van der Waals surface area contributed by atoms with E-state index >= 15 is 0 Å². The number of amides is 2. The first-order valence-corrected chi connectivity index (χ1v) is 9.93. The number of hydrogen-bond acceptors (Lipinski definition) is 4. The zero-order chi connectivity index (χ0) is 17.1. The van der Waals surface area contributed by atoms with Gasteiger partial charge >= 0.3 is 0 Å². The van der Waals surface area contributed by atoms with Gasteiger partial charge in [0.25, 0.3) is 0 Å². The van der Waals surface area contributed by atoms with E-state index in [1.54, 1.807) is 18.3 Å². The van der Waals surface area contributed by atoms with Gasteiger partial charge in [-0.2, -0.15) is 0 Å². The zero-order valence-corrected chi connectivity index (χ0v) is 15.5. The van der Waals surface area contributed by atoms with Gasteiger partial charge in [0.1, 0.15) is 5.01 Å². The highest BCUT2D eigenvalue weighted by atomic mass is 32.1. The van der Waals surface area contributed by atoms with E-state index in [1.165, 1.54) is 0 Å². The molecule has 1 aromatic rings. The molecule has 0 bridgehead atoms. The second-order valence-electron chi connectivity index (χ2n) is 6.99. The average molecular weight is 350 g/mol. The van der Waals surface area contributed by atoms with Crippen LogP contribution in [0.25, 0.3) is 0 Å². The van der Waals surface area contributed by atoms with E-state index in [1.807, 2.05) is 16.7 Å². The topological polar surface area (TPSA) is 53.5 Å². The van der Waals surface area contributed by atoms with Gasteiger partial charge < -0.3 is 9.80 Å². The molecule has 2 amide bonds. The van der Waals surface area contributed by atoms with Gasteiger partial charge in [-0.05, 0) is 45.4 Å². The summed E-state index contributed by atoms with van der Waals surface area (Å²) in [5.41, 5.74) is 1.03. The van der Waals surface area contributed by atoms with E-state index in [2.05, 4.69) is 10.4 Å². The van der Waals surface area contributed by atoms with Crippen LogP contribution < -0.4 is 0 Å². The first-order valence-electron chi connectivity index (χ1n) is 9.05. The summed E-state index contributed by atoms with van der Waals surface area (Å²) < 4.78 is 0. The number of aryl methyl sites for hydroxylation is 1. The molecule has 2 aliphatic heterocycles. The van der Waals surface area contributed by atoms with E-state index in [4.69, 9.17) is 0 Å². The summed E-state index contributed by atoms with van der Waals surface area (Å²) in [4.78, 5) is 33.4. The Bertz CT molecular complexity index is 601. The van der Waals surface area contributed by atoms with Gasteiger partial charge in [0.15, 0.2) is 0 Å². The van der Waals surface area contributed by atoms with Crippen molar-refractivity contribution in [3.63, 3.8) is 0 Å². The Kier molecular flexibility index (Phi) is 5.54. The summed E-state index contributed by atoms with van der Waals surface area (Å²) >= 11 is 1.66. The first-order chi connectivity index (χ1) is 11.6. The summed E-state index contributed by atoms with van der Waals surface area (Å²) in [5, 5.41) is 3.12. The van der Waals surface area contributed by atoms with Crippen molar-refractivity contribution in [3.8, 4) is 0 Å². The number of piperidine rings is 2. The molecule has 0 unspecified atom stereocenters. The molecule has 24 heavy (non-hydrogen) atoms. The van der Waals surface area contributed by atoms with Crippen molar-refractivity contribution in [1.29, 1.82) is 0 Å². The highest BCUT2D eigenvalue weighted by Gasteiger charge is 2.33. The van der Waals surface area contributed by atoms with E-state index in [0.29, 0.717) is 6.42 Å². The molecular weight excluding hydrogens is 322 g/mol. The summed E-state index contributed by atoms with van der Waals surface area (Å²) in [6.45, 7) is 5.23. The highest BCUT2D eigenvalue weighted by molar-refractivity contribution is 7.09. The molecule has 132 valence electrons. The third-order valence-corrected chi connectivity index (χ3v) is 6.25. The average Bonchev–Trinajstić information content (AvgIpc) is 3.01. The SMILES string of the molecule is CC(=O)N1CCCC[C@H]1CC(=O)N1CCCC[C@H]1c1nc(C)cs1. The van der Waals surface area contributed by atoms with Crippen LogP contribution in [0, 0.1) is 6.92 Å². The Morgan fingerprint density at radius 1 is 1.17 bits per heavy atom. The Morgan fingerprint density at radius 2 is 1.88 bits per heavy atom. The molecule has 5 nitrogen and oxygen atoms in total. The monoisotopic (exact) mass is 349 g/mol. The fourth-order valence-corrected chi connectivity index (χ4v) is 4.90.